The third kappa shape index (κ3) is 8.30. The van der Waals surface area contributed by atoms with E-state index in [9.17, 15) is 0 Å². The third-order valence-corrected chi connectivity index (χ3v) is 7.90. The van der Waals surface area contributed by atoms with Crippen LogP contribution in [-0.2, 0) is 0 Å². The molecule has 27 heavy (non-hydrogen) atoms. The van der Waals surface area contributed by atoms with Gasteiger partial charge in [0, 0.05) is 7.11 Å². The minimum atomic E-state index is 0.915. The van der Waals surface area contributed by atoms with Crippen LogP contribution in [0, 0.1) is 29.6 Å². The predicted molar refractivity (Wildman–Crippen MR) is 119 cm³/mol. The highest BCUT2D eigenvalue weighted by atomic mass is 16.2. The van der Waals surface area contributed by atoms with E-state index in [2.05, 4.69) is 19.1 Å². The second-order valence-electron chi connectivity index (χ2n) is 9.73. The average Bonchev–Trinajstić information content (AvgIpc) is 2.76. The number of unbranched alkanes of at least 4 members (excludes halogenated alkanes) is 2. The average molecular weight is 377 g/mol. The van der Waals surface area contributed by atoms with Gasteiger partial charge in [-0.15, -0.1) is 0 Å². The summed E-state index contributed by atoms with van der Waals surface area (Å²) in [5.41, 5.74) is 0. The van der Waals surface area contributed by atoms with Crippen molar-refractivity contribution in [3.63, 3.8) is 0 Å². The van der Waals surface area contributed by atoms with Crippen LogP contribution in [0.2, 0.25) is 0 Å². The van der Waals surface area contributed by atoms with Crippen molar-refractivity contribution in [3.8, 4) is 0 Å². The zero-order chi connectivity index (χ0) is 19.3. The van der Waals surface area contributed by atoms with E-state index < -0.39 is 0 Å². The van der Waals surface area contributed by atoms with E-state index in [-0.39, 0.29) is 0 Å². The van der Waals surface area contributed by atoms with Gasteiger partial charge in [-0.3, -0.25) is 0 Å². The summed E-state index contributed by atoms with van der Waals surface area (Å²) in [6.07, 6.45) is 30.8. The second-order valence-corrected chi connectivity index (χ2v) is 9.73. The van der Waals surface area contributed by atoms with Gasteiger partial charge in [0.25, 0.3) is 0 Å². The highest BCUT2D eigenvalue weighted by Gasteiger charge is 2.28. The Morgan fingerprint density at radius 2 is 1.15 bits per heavy atom. The lowest BCUT2D eigenvalue weighted by Gasteiger charge is -2.35. The molecule has 0 bridgehead atoms. The molecule has 0 aromatic rings. The number of rotatable bonds is 7. The van der Waals surface area contributed by atoms with E-state index in [1.165, 1.54) is 96.3 Å². The van der Waals surface area contributed by atoms with Crippen LogP contribution in [0.25, 0.3) is 0 Å². The topological polar surface area (TPSA) is 20.2 Å². The van der Waals surface area contributed by atoms with E-state index in [1.54, 1.807) is 12.8 Å². The number of allylic oxidation sites excluding steroid dienone is 2. The van der Waals surface area contributed by atoms with Gasteiger partial charge in [0.2, 0.25) is 0 Å². The molecular weight excluding hydrogens is 328 g/mol. The Labute approximate surface area is 170 Å². The molecule has 0 aromatic carbocycles. The van der Waals surface area contributed by atoms with Crippen LogP contribution < -0.4 is 0 Å². The monoisotopic (exact) mass is 376 g/mol. The number of aliphatic hydroxyl groups excluding tert-OH is 1. The van der Waals surface area contributed by atoms with Crippen molar-refractivity contribution in [1.82, 2.24) is 0 Å². The normalized spacial score (nSPS) is 32.9. The molecule has 1 heteroatoms. The van der Waals surface area contributed by atoms with E-state index in [0.29, 0.717) is 0 Å². The van der Waals surface area contributed by atoms with Crippen molar-refractivity contribution in [2.24, 2.45) is 29.6 Å². The lowest BCUT2D eigenvalue weighted by atomic mass is 9.71. The van der Waals surface area contributed by atoms with Gasteiger partial charge in [-0.1, -0.05) is 76.9 Å². The van der Waals surface area contributed by atoms with Crippen LogP contribution in [0.5, 0.6) is 0 Å². The minimum absolute atomic E-state index is 0.915. The fraction of sp³-hybridized carbons (Fsp3) is 0.923. The quantitative estimate of drug-likeness (QED) is 0.353. The van der Waals surface area contributed by atoms with E-state index >= 15 is 0 Å². The molecule has 0 spiro atoms. The molecule has 0 amide bonds. The van der Waals surface area contributed by atoms with E-state index in [1.807, 2.05) is 0 Å². The number of aliphatic hydroxyl groups is 1. The fourth-order valence-electron chi connectivity index (χ4n) is 6.08. The highest BCUT2D eigenvalue weighted by Crippen LogP contribution is 2.40. The molecule has 1 N–H and O–H groups in total. The van der Waals surface area contributed by atoms with Crippen molar-refractivity contribution in [2.45, 2.75) is 116 Å². The second kappa shape index (κ2) is 13.8. The lowest BCUT2D eigenvalue weighted by molar-refractivity contribution is 0.179. The SMILES string of the molecule is CCCCCC1CCC(/C=C/C2CCC(C3CCCCC3)CC2)CC1.CO. The summed E-state index contributed by atoms with van der Waals surface area (Å²) >= 11 is 0. The largest absolute Gasteiger partial charge is 0.400 e. The Kier molecular flexibility index (Phi) is 11.8. The van der Waals surface area contributed by atoms with Crippen LogP contribution in [0.3, 0.4) is 0 Å². The molecule has 0 aromatic heterocycles. The van der Waals surface area contributed by atoms with Crippen molar-refractivity contribution >= 4 is 0 Å². The van der Waals surface area contributed by atoms with Gasteiger partial charge in [0.15, 0.2) is 0 Å². The summed E-state index contributed by atoms with van der Waals surface area (Å²) in [6, 6.07) is 0. The van der Waals surface area contributed by atoms with Gasteiger partial charge in [0.1, 0.15) is 0 Å². The first-order chi connectivity index (χ1) is 13.3. The molecule has 3 rings (SSSR count). The van der Waals surface area contributed by atoms with Gasteiger partial charge in [-0.05, 0) is 81.0 Å². The highest BCUT2D eigenvalue weighted by molar-refractivity contribution is 4.96. The smallest absolute Gasteiger partial charge is 0.0319 e. The van der Waals surface area contributed by atoms with Crippen molar-refractivity contribution in [1.29, 1.82) is 0 Å². The summed E-state index contributed by atoms with van der Waals surface area (Å²) in [4.78, 5) is 0. The fourth-order valence-corrected chi connectivity index (χ4v) is 6.08. The molecular formula is C26H48O. The maximum atomic E-state index is 7.00. The molecule has 3 aliphatic carbocycles. The van der Waals surface area contributed by atoms with Gasteiger partial charge >= 0.3 is 0 Å². The van der Waals surface area contributed by atoms with Crippen LogP contribution in [0.4, 0.5) is 0 Å². The summed E-state index contributed by atoms with van der Waals surface area (Å²) < 4.78 is 0. The summed E-state index contributed by atoms with van der Waals surface area (Å²) in [5.74, 6) is 5.08. The molecule has 1 nitrogen and oxygen atoms in total. The number of hydrogen-bond acceptors (Lipinski definition) is 1. The third-order valence-electron chi connectivity index (χ3n) is 7.90. The molecule has 0 atom stereocenters. The molecule has 0 saturated heterocycles. The summed E-state index contributed by atoms with van der Waals surface area (Å²) in [7, 11) is 1.00. The molecule has 0 radical (unpaired) electrons. The van der Waals surface area contributed by atoms with Crippen LogP contribution >= 0.6 is 0 Å². The van der Waals surface area contributed by atoms with Gasteiger partial charge in [-0.2, -0.15) is 0 Å². The van der Waals surface area contributed by atoms with E-state index in [0.717, 1.165) is 36.7 Å². The van der Waals surface area contributed by atoms with Crippen molar-refractivity contribution in [3.05, 3.63) is 12.2 Å². The molecule has 0 unspecified atom stereocenters. The molecule has 3 fully saturated rings. The minimum Gasteiger partial charge on any atom is -0.400 e. The maximum Gasteiger partial charge on any atom is 0.0319 e. The Bertz CT molecular complexity index is 366. The first-order valence-electron chi connectivity index (χ1n) is 12.5. The van der Waals surface area contributed by atoms with Crippen LogP contribution in [0.1, 0.15) is 116 Å². The standard InChI is InChI=1S/C25H44.CH4O/c1-2-3-5-8-21-11-13-22(14-12-21)15-16-23-17-19-25(20-18-23)24-9-6-4-7-10-24;1-2/h15-16,21-25H,2-14,17-20H2,1H3;2H,1H3/b16-15+;. The molecule has 0 aliphatic heterocycles. The molecule has 0 heterocycles. The molecule has 158 valence electrons. The van der Waals surface area contributed by atoms with Crippen LogP contribution in [0.15, 0.2) is 12.2 Å². The van der Waals surface area contributed by atoms with E-state index in [4.69, 9.17) is 5.11 Å². The Morgan fingerprint density at radius 1 is 0.630 bits per heavy atom. The zero-order valence-corrected chi connectivity index (χ0v) is 18.5. The molecule has 3 saturated carbocycles. The Balaban J connectivity index is 0.00000126. The summed E-state index contributed by atoms with van der Waals surface area (Å²) in [5, 5.41) is 7.00. The molecule has 3 aliphatic rings. The first-order valence-corrected chi connectivity index (χ1v) is 12.5. The van der Waals surface area contributed by atoms with Crippen molar-refractivity contribution < 1.29 is 5.11 Å². The zero-order valence-electron chi connectivity index (χ0n) is 18.5. The van der Waals surface area contributed by atoms with Gasteiger partial charge in [0.05, 0.1) is 0 Å². The predicted octanol–water partition coefficient (Wildman–Crippen LogP) is 7.92. The lowest BCUT2D eigenvalue weighted by Crippen LogP contribution is -2.23. The van der Waals surface area contributed by atoms with Crippen LogP contribution in [-0.4, -0.2) is 12.2 Å². The van der Waals surface area contributed by atoms with Gasteiger partial charge < -0.3 is 5.11 Å². The Morgan fingerprint density at radius 3 is 1.70 bits per heavy atom. The number of hydrogen-bond donors (Lipinski definition) is 1. The summed E-state index contributed by atoms with van der Waals surface area (Å²) in [6.45, 7) is 2.32. The van der Waals surface area contributed by atoms with Gasteiger partial charge in [-0.25, -0.2) is 0 Å². The first kappa shape index (κ1) is 23.0. The maximum absolute atomic E-state index is 7.00. The Hall–Kier alpha value is -0.300. The van der Waals surface area contributed by atoms with Crippen molar-refractivity contribution in [2.75, 3.05) is 7.11 Å².